The molecule has 3 nitrogen and oxygen atoms in total. The van der Waals surface area contributed by atoms with Gasteiger partial charge in [0.25, 0.3) is 0 Å². The third-order valence-electron chi connectivity index (χ3n) is 2.17. The van der Waals surface area contributed by atoms with Gasteiger partial charge in [0.2, 0.25) is 0 Å². The van der Waals surface area contributed by atoms with Gasteiger partial charge in [-0.25, -0.2) is 0 Å². The van der Waals surface area contributed by atoms with Crippen molar-refractivity contribution < 1.29 is 9.84 Å². The highest BCUT2D eigenvalue weighted by Gasteiger charge is 2.32. The van der Waals surface area contributed by atoms with Crippen LogP contribution < -0.4 is 5.73 Å². The number of hydrogen-bond acceptors (Lipinski definition) is 3. The largest absolute Gasteiger partial charge is 0.495 e. The molecular weight excluding hydrogens is 154 g/mol. The Morgan fingerprint density at radius 3 is 2.92 bits per heavy atom. The maximum Gasteiger partial charge on any atom is 0.133 e. The lowest BCUT2D eigenvalue weighted by molar-refractivity contribution is 0.0189. The quantitative estimate of drug-likeness (QED) is 0.657. The van der Waals surface area contributed by atoms with Crippen LogP contribution in [-0.2, 0) is 4.74 Å². The molecule has 0 amide bonds. The fourth-order valence-corrected chi connectivity index (χ4v) is 1.48. The Hall–Kier alpha value is -0.540. The Kier molecular flexibility index (Phi) is 3.12. The first-order valence-electron chi connectivity index (χ1n) is 4.49. The van der Waals surface area contributed by atoms with Crippen molar-refractivity contribution in [3.63, 3.8) is 0 Å². The van der Waals surface area contributed by atoms with Crippen LogP contribution in [0.15, 0.2) is 11.8 Å². The number of hydrogen-bond donors (Lipinski definition) is 2. The second-order valence-electron chi connectivity index (χ2n) is 3.19. The molecule has 0 saturated carbocycles. The summed E-state index contributed by atoms with van der Waals surface area (Å²) in [6.45, 7) is 2.95. The fraction of sp³-hybridized carbons (Fsp3) is 0.778. The van der Waals surface area contributed by atoms with Gasteiger partial charge in [0, 0.05) is 13.0 Å². The second kappa shape index (κ2) is 3.92. The third-order valence-corrected chi connectivity index (χ3v) is 2.17. The van der Waals surface area contributed by atoms with Crippen molar-refractivity contribution in [2.24, 2.45) is 5.73 Å². The van der Waals surface area contributed by atoms with Crippen molar-refractivity contribution in [1.82, 2.24) is 0 Å². The van der Waals surface area contributed by atoms with Gasteiger partial charge in [-0.15, -0.1) is 0 Å². The Balaban J connectivity index is 2.64. The van der Waals surface area contributed by atoms with Gasteiger partial charge in [0.05, 0.1) is 6.61 Å². The molecule has 12 heavy (non-hydrogen) atoms. The van der Waals surface area contributed by atoms with Crippen molar-refractivity contribution in [1.29, 1.82) is 0 Å². The number of aliphatic hydroxyl groups is 1. The van der Waals surface area contributed by atoms with Gasteiger partial charge in [0.1, 0.15) is 11.4 Å². The predicted octanol–water partition coefficient (Wildman–Crippen LogP) is 0.781. The molecule has 1 aliphatic heterocycles. The third kappa shape index (κ3) is 1.79. The average molecular weight is 171 g/mol. The van der Waals surface area contributed by atoms with Crippen LogP contribution in [0.1, 0.15) is 26.2 Å². The Morgan fingerprint density at radius 1 is 1.75 bits per heavy atom. The van der Waals surface area contributed by atoms with Crippen LogP contribution in [0.4, 0.5) is 0 Å². The van der Waals surface area contributed by atoms with E-state index in [9.17, 15) is 5.11 Å². The van der Waals surface area contributed by atoms with Crippen molar-refractivity contribution in [3.8, 4) is 0 Å². The summed E-state index contributed by atoms with van der Waals surface area (Å²) in [5.74, 6) is 0.673. The van der Waals surface area contributed by atoms with Crippen LogP contribution in [0.5, 0.6) is 0 Å². The molecule has 1 heterocycles. The summed E-state index contributed by atoms with van der Waals surface area (Å²) in [5.41, 5.74) is 4.59. The monoisotopic (exact) mass is 171 g/mol. The van der Waals surface area contributed by atoms with Gasteiger partial charge in [-0.3, -0.25) is 0 Å². The van der Waals surface area contributed by atoms with Gasteiger partial charge in [-0.1, -0.05) is 13.3 Å². The fourth-order valence-electron chi connectivity index (χ4n) is 1.48. The summed E-state index contributed by atoms with van der Waals surface area (Å²) in [6.07, 6.45) is 4.41. The number of rotatable bonds is 4. The molecule has 0 aromatic rings. The minimum absolute atomic E-state index is 0.243. The first-order chi connectivity index (χ1) is 5.73. The van der Waals surface area contributed by atoms with Crippen LogP contribution >= 0.6 is 0 Å². The SMILES string of the molecule is CCCC(O)(CN)C1=CCCO1. The van der Waals surface area contributed by atoms with E-state index in [4.69, 9.17) is 10.5 Å². The topological polar surface area (TPSA) is 55.5 Å². The summed E-state index contributed by atoms with van der Waals surface area (Å²) >= 11 is 0. The molecule has 0 saturated heterocycles. The van der Waals surface area contributed by atoms with Crippen LogP contribution in [-0.4, -0.2) is 23.9 Å². The minimum Gasteiger partial charge on any atom is -0.495 e. The molecule has 0 radical (unpaired) electrons. The Bertz CT molecular complexity index is 179. The molecule has 3 N–H and O–H groups in total. The van der Waals surface area contributed by atoms with Crippen LogP contribution in [0.25, 0.3) is 0 Å². The van der Waals surface area contributed by atoms with E-state index in [0.717, 1.165) is 12.8 Å². The molecule has 70 valence electrons. The van der Waals surface area contributed by atoms with Crippen molar-refractivity contribution in [2.75, 3.05) is 13.2 Å². The zero-order valence-corrected chi connectivity index (χ0v) is 7.55. The van der Waals surface area contributed by atoms with Crippen LogP contribution in [0.3, 0.4) is 0 Å². The number of nitrogens with two attached hydrogens (primary N) is 1. The highest BCUT2D eigenvalue weighted by atomic mass is 16.5. The normalized spacial score (nSPS) is 21.4. The van der Waals surface area contributed by atoms with E-state index in [1.54, 1.807) is 0 Å². The Labute approximate surface area is 73.2 Å². The van der Waals surface area contributed by atoms with E-state index in [1.165, 1.54) is 0 Å². The molecule has 0 aromatic heterocycles. The first-order valence-corrected chi connectivity index (χ1v) is 4.49. The summed E-state index contributed by atoms with van der Waals surface area (Å²) in [7, 11) is 0. The average Bonchev–Trinajstić information content (AvgIpc) is 2.57. The second-order valence-corrected chi connectivity index (χ2v) is 3.19. The van der Waals surface area contributed by atoms with Gasteiger partial charge in [-0.2, -0.15) is 0 Å². The maximum atomic E-state index is 10.0. The van der Waals surface area contributed by atoms with Gasteiger partial charge in [-0.05, 0) is 12.5 Å². The lowest BCUT2D eigenvalue weighted by Gasteiger charge is -2.26. The van der Waals surface area contributed by atoms with Crippen molar-refractivity contribution >= 4 is 0 Å². The van der Waals surface area contributed by atoms with Crippen molar-refractivity contribution in [3.05, 3.63) is 11.8 Å². The summed E-state index contributed by atoms with van der Waals surface area (Å²) in [5, 5.41) is 10.0. The molecule has 1 aliphatic rings. The van der Waals surface area contributed by atoms with Crippen LogP contribution in [0, 0.1) is 0 Å². The lowest BCUT2D eigenvalue weighted by Crippen LogP contribution is -2.39. The van der Waals surface area contributed by atoms with Gasteiger partial charge in [0.15, 0.2) is 0 Å². The van der Waals surface area contributed by atoms with Gasteiger partial charge >= 0.3 is 0 Å². The van der Waals surface area contributed by atoms with Gasteiger partial charge < -0.3 is 15.6 Å². The van der Waals surface area contributed by atoms with Crippen LogP contribution in [0.2, 0.25) is 0 Å². The highest BCUT2D eigenvalue weighted by Crippen LogP contribution is 2.26. The van der Waals surface area contributed by atoms with Crippen molar-refractivity contribution in [2.45, 2.75) is 31.8 Å². The maximum absolute atomic E-state index is 10.0. The molecule has 0 spiro atoms. The van der Waals surface area contributed by atoms with E-state index >= 15 is 0 Å². The summed E-state index contributed by atoms with van der Waals surface area (Å²) < 4.78 is 5.29. The molecule has 1 rings (SSSR count). The molecule has 0 bridgehead atoms. The minimum atomic E-state index is -0.911. The Morgan fingerprint density at radius 2 is 2.50 bits per heavy atom. The van der Waals surface area contributed by atoms with E-state index < -0.39 is 5.60 Å². The van der Waals surface area contributed by atoms with E-state index in [1.807, 2.05) is 13.0 Å². The number of ether oxygens (including phenoxy) is 1. The van der Waals surface area contributed by atoms with E-state index in [2.05, 4.69) is 0 Å². The zero-order valence-electron chi connectivity index (χ0n) is 7.55. The smallest absolute Gasteiger partial charge is 0.133 e. The van der Waals surface area contributed by atoms with E-state index in [0.29, 0.717) is 18.8 Å². The summed E-state index contributed by atoms with van der Waals surface area (Å²) in [6, 6.07) is 0. The first kappa shape index (κ1) is 9.55. The lowest BCUT2D eigenvalue weighted by atomic mass is 9.95. The molecule has 0 aromatic carbocycles. The molecule has 3 heteroatoms. The molecular formula is C9H17NO2. The zero-order chi connectivity index (χ0) is 9.03. The molecule has 0 aliphatic carbocycles. The molecule has 0 fully saturated rings. The molecule has 1 unspecified atom stereocenters. The molecule has 1 atom stereocenters. The predicted molar refractivity (Wildman–Crippen MR) is 47.6 cm³/mol. The van der Waals surface area contributed by atoms with E-state index in [-0.39, 0.29) is 6.54 Å². The summed E-state index contributed by atoms with van der Waals surface area (Å²) in [4.78, 5) is 0. The standard InChI is InChI=1S/C9H17NO2/c1-2-5-9(11,7-10)8-4-3-6-12-8/h4,11H,2-3,5-7,10H2,1H3. The highest BCUT2D eigenvalue weighted by molar-refractivity contribution is 5.13.